The number of nitrogens with zero attached hydrogens (tertiary/aromatic N) is 4. The van der Waals surface area contributed by atoms with E-state index in [9.17, 15) is 0 Å². The first-order chi connectivity index (χ1) is 15.6. The van der Waals surface area contributed by atoms with Crippen LogP contribution in [0.4, 0.5) is 11.6 Å². The fourth-order valence-corrected chi connectivity index (χ4v) is 5.60. The average Bonchev–Trinajstić information content (AvgIpc) is 3.57. The van der Waals surface area contributed by atoms with E-state index in [2.05, 4.69) is 27.6 Å². The second-order valence-corrected chi connectivity index (χ2v) is 9.46. The van der Waals surface area contributed by atoms with Crippen molar-refractivity contribution < 1.29 is 18.9 Å². The van der Waals surface area contributed by atoms with E-state index in [1.807, 2.05) is 4.52 Å². The summed E-state index contributed by atoms with van der Waals surface area (Å²) < 4.78 is 25.3. The van der Waals surface area contributed by atoms with Crippen LogP contribution in [0.3, 0.4) is 0 Å². The number of aromatic nitrogens is 4. The standard InChI is InChI=1S/C22H32N6O4/c1-15-18(25-16-2-6-21(7-3-16)29-10-11-30-21)27-20-23-14-24-28(20)19(15)26-17-4-8-22(9-5-17)31-12-13-32-22/h14,16-17,26H,2-13H2,1H3,(H,23,24,25,27). The SMILES string of the molecule is Cc1c(NC2CCC3(CC2)OCCO3)nc2ncnn2c1NC1CCC2(CC1)OCCO2. The molecule has 0 aromatic carbocycles. The Morgan fingerprint density at radius 1 is 0.844 bits per heavy atom. The van der Waals surface area contributed by atoms with Gasteiger partial charge in [-0.2, -0.15) is 19.6 Å². The molecule has 0 amide bonds. The molecule has 2 aromatic rings. The number of ether oxygens (including phenoxy) is 4. The maximum absolute atomic E-state index is 5.88. The largest absolute Gasteiger partial charge is 0.367 e. The Kier molecular flexibility index (Phi) is 5.20. The molecule has 4 fully saturated rings. The zero-order valence-corrected chi connectivity index (χ0v) is 18.6. The Labute approximate surface area is 187 Å². The fourth-order valence-electron chi connectivity index (χ4n) is 5.60. The van der Waals surface area contributed by atoms with Crippen LogP contribution in [0.2, 0.25) is 0 Å². The van der Waals surface area contributed by atoms with Crippen LogP contribution in [-0.4, -0.2) is 69.7 Å². The van der Waals surface area contributed by atoms with Crippen LogP contribution in [0, 0.1) is 6.92 Å². The molecule has 4 heterocycles. The van der Waals surface area contributed by atoms with Crippen LogP contribution >= 0.6 is 0 Å². The topological polar surface area (TPSA) is 104 Å². The van der Waals surface area contributed by atoms with E-state index in [0.29, 0.717) is 44.3 Å². The first-order valence-electron chi connectivity index (χ1n) is 11.9. The van der Waals surface area contributed by atoms with Gasteiger partial charge in [-0.15, -0.1) is 0 Å². The minimum atomic E-state index is -0.355. The zero-order valence-electron chi connectivity index (χ0n) is 18.6. The summed E-state index contributed by atoms with van der Waals surface area (Å²) in [6.45, 7) is 4.92. The molecule has 0 unspecified atom stereocenters. The fraction of sp³-hybridized carbons (Fsp3) is 0.773. The zero-order chi connectivity index (χ0) is 21.6. The highest BCUT2D eigenvalue weighted by molar-refractivity contribution is 5.62. The number of nitrogens with one attached hydrogen (secondary N) is 2. The molecule has 0 bridgehead atoms. The molecule has 32 heavy (non-hydrogen) atoms. The third-order valence-electron chi connectivity index (χ3n) is 7.47. The lowest BCUT2D eigenvalue weighted by Crippen LogP contribution is -2.40. The molecule has 6 rings (SSSR count). The van der Waals surface area contributed by atoms with Gasteiger partial charge in [-0.25, -0.2) is 0 Å². The van der Waals surface area contributed by atoms with Crippen molar-refractivity contribution in [2.75, 3.05) is 37.1 Å². The molecule has 2 spiro atoms. The summed E-state index contributed by atoms with van der Waals surface area (Å²) in [7, 11) is 0. The van der Waals surface area contributed by atoms with E-state index in [1.54, 1.807) is 6.33 Å². The van der Waals surface area contributed by atoms with Crippen LogP contribution in [0.15, 0.2) is 6.33 Å². The van der Waals surface area contributed by atoms with Gasteiger partial charge < -0.3 is 29.6 Å². The molecular formula is C22H32N6O4. The van der Waals surface area contributed by atoms with Crippen molar-refractivity contribution in [2.24, 2.45) is 0 Å². The Balaban J connectivity index is 1.17. The second-order valence-electron chi connectivity index (χ2n) is 9.46. The van der Waals surface area contributed by atoms with Crippen molar-refractivity contribution in [3.8, 4) is 0 Å². The van der Waals surface area contributed by atoms with Gasteiger partial charge in [0.15, 0.2) is 11.6 Å². The molecule has 2 aromatic heterocycles. The summed E-state index contributed by atoms with van der Waals surface area (Å²) in [5, 5.41) is 11.8. The van der Waals surface area contributed by atoms with Gasteiger partial charge in [-0.05, 0) is 32.6 Å². The van der Waals surface area contributed by atoms with Crippen molar-refractivity contribution >= 4 is 17.4 Å². The predicted molar refractivity (Wildman–Crippen MR) is 117 cm³/mol. The smallest absolute Gasteiger partial charge is 0.256 e. The number of rotatable bonds is 4. The van der Waals surface area contributed by atoms with Crippen molar-refractivity contribution in [3.63, 3.8) is 0 Å². The number of anilines is 2. The van der Waals surface area contributed by atoms with E-state index >= 15 is 0 Å². The minimum absolute atomic E-state index is 0.334. The molecule has 10 heteroatoms. The average molecular weight is 445 g/mol. The van der Waals surface area contributed by atoms with Crippen molar-refractivity contribution in [1.29, 1.82) is 0 Å². The molecule has 2 aliphatic carbocycles. The summed E-state index contributed by atoms with van der Waals surface area (Å²) in [6, 6.07) is 0.671. The van der Waals surface area contributed by atoms with Gasteiger partial charge in [0.05, 0.1) is 26.4 Å². The van der Waals surface area contributed by atoms with Gasteiger partial charge in [-0.1, -0.05) is 0 Å². The second kappa shape index (κ2) is 8.09. The maximum atomic E-state index is 5.88. The lowest BCUT2D eigenvalue weighted by atomic mass is 9.89. The van der Waals surface area contributed by atoms with E-state index in [-0.39, 0.29) is 11.6 Å². The van der Waals surface area contributed by atoms with Gasteiger partial charge in [0.2, 0.25) is 0 Å². The first kappa shape index (κ1) is 20.6. The third kappa shape index (κ3) is 3.72. The number of hydrogen-bond acceptors (Lipinski definition) is 9. The summed E-state index contributed by atoms with van der Waals surface area (Å²) in [5.41, 5.74) is 1.06. The molecule has 2 aliphatic heterocycles. The molecule has 2 saturated carbocycles. The highest BCUT2D eigenvalue weighted by Crippen LogP contribution is 2.39. The molecule has 4 aliphatic rings. The number of hydrogen-bond donors (Lipinski definition) is 2. The monoisotopic (exact) mass is 444 g/mol. The van der Waals surface area contributed by atoms with Crippen LogP contribution < -0.4 is 10.6 Å². The Hall–Kier alpha value is -2.01. The lowest BCUT2D eigenvalue weighted by molar-refractivity contribution is -0.178. The Bertz CT molecular complexity index is 949. The van der Waals surface area contributed by atoms with Crippen molar-refractivity contribution in [1.82, 2.24) is 19.6 Å². The van der Waals surface area contributed by atoms with Gasteiger partial charge >= 0.3 is 0 Å². The Morgan fingerprint density at radius 3 is 1.94 bits per heavy atom. The molecule has 2 saturated heterocycles. The van der Waals surface area contributed by atoms with Crippen molar-refractivity contribution in [3.05, 3.63) is 11.9 Å². The summed E-state index contributed by atoms with van der Waals surface area (Å²) >= 11 is 0. The van der Waals surface area contributed by atoms with E-state index < -0.39 is 0 Å². The Morgan fingerprint density at radius 2 is 1.38 bits per heavy atom. The molecule has 2 N–H and O–H groups in total. The summed E-state index contributed by atoms with van der Waals surface area (Å²) in [4.78, 5) is 9.13. The van der Waals surface area contributed by atoms with E-state index in [0.717, 1.165) is 68.6 Å². The van der Waals surface area contributed by atoms with E-state index in [1.165, 1.54) is 0 Å². The summed E-state index contributed by atoms with van der Waals surface area (Å²) in [5.74, 6) is 1.72. The van der Waals surface area contributed by atoms with Crippen LogP contribution in [0.1, 0.15) is 56.9 Å². The maximum Gasteiger partial charge on any atom is 0.256 e. The summed E-state index contributed by atoms with van der Waals surface area (Å²) in [6.07, 6.45) is 9.18. The van der Waals surface area contributed by atoms with Crippen LogP contribution in [0.5, 0.6) is 0 Å². The van der Waals surface area contributed by atoms with Crippen LogP contribution in [-0.2, 0) is 18.9 Å². The first-order valence-corrected chi connectivity index (χ1v) is 11.9. The normalized spacial score (nSPS) is 27.5. The van der Waals surface area contributed by atoms with Gasteiger partial charge in [0.25, 0.3) is 5.78 Å². The molecule has 0 radical (unpaired) electrons. The highest BCUT2D eigenvalue weighted by atomic mass is 16.7. The van der Waals surface area contributed by atoms with E-state index in [4.69, 9.17) is 23.9 Å². The van der Waals surface area contributed by atoms with Gasteiger partial charge in [0, 0.05) is 43.3 Å². The molecular weight excluding hydrogens is 412 g/mol. The van der Waals surface area contributed by atoms with Gasteiger partial charge in [-0.3, -0.25) is 0 Å². The minimum Gasteiger partial charge on any atom is -0.367 e. The van der Waals surface area contributed by atoms with Crippen LogP contribution in [0.25, 0.3) is 5.78 Å². The highest BCUT2D eigenvalue weighted by Gasteiger charge is 2.41. The predicted octanol–water partition coefficient (Wildman–Crippen LogP) is 2.63. The molecule has 174 valence electrons. The lowest BCUT2D eigenvalue weighted by Gasteiger charge is -2.36. The third-order valence-corrected chi connectivity index (χ3v) is 7.47. The molecule has 10 nitrogen and oxygen atoms in total. The quantitative estimate of drug-likeness (QED) is 0.736. The number of fused-ring (bicyclic) bond motifs is 1. The van der Waals surface area contributed by atoms with Crippen molar-refractivity contribution in [2.45, 2.75) is 81.9 Å². The van der Waals surface area contributed by atoms with Gasteiger partial charge in [0.1, 0.15) is 18.0 Å². The molecule has 0 atom stereocenters.